The van der Waals surface area contributed by atoms with Crippen LogP contribution in [0.25, 0.3) is 0 Å². The lowest BCUT2D eigenvalue weighted by Crippen LogP contribution is -2.58. The first-order chi connectivity index (χ1) is 22.4. The Hall–Kier alpha value is -2.04. The molecule has 4 nitrogen and oxygen atoms in total. The van der Waals surface area contributed by atoms with Gasteiger partial charge in [-0.1, -0.05) is 77.1 Å². The largest absolute Gasteiger partial charge is 0.455 e. The van der Waals surface area contributed by atoms with Crippen molar-refractivity contribution in [2.75, 3.05) is 0 Å². The maximum absolute atomic E-state index is 13.5. The van der Waals surface area contributed by atoms with Gasteiger partial charge in [-0.2, -0.15) is 0 Å². The molecule has 4 aliphatic carbocycles. The van der Waals surface area contributed by atoms with Crippen LogP contribution in [0.1, 0.15) is 126 Å². The van der Waals surface area contributed by atoms with Crippen molar-refractivity contribution in [1.82, 2.24) is 0 Å². The molecule has 0 aromatic heterocycles. The van der Waals surface area contributed by atoms with Crippen LogP contribution in [0.5, 0.6) is 0 Å². The summed E-state index contributed by atoms with van der Waals surface area (Å²) in [6.07, 6.45) is 12.1. The number of halogens is 2. The average Bonchev–Trinajstić information content (AvgIpc) is 3.39. The minimum atomic E-state index is -0.514. The lowest BCUT2D eigenvalue weighted by Gasteiger charge is -2.62. The second-order valence-corrected chi connectivity index (χ2v) is 17.4. The van der Waals surface area contributed by atoms with E-state index in [1.54, 1.807) is 48.5 Å². The lowest BCUT2D eigenvalue weighted by molar-refractivity contribution is -0.163. The molecule has 4 aliphatic rings. The molecule has 0 heterocycles. The summed E-state index contributed by atoms with van der Waals surface area (Å²) in [4.78, 5) is 26.8. The van der Waals surface area contributed by atoms with Crippen LogP contribution in [-0.2, 0) is 9.47 Å². The van der Waals surface area contributed by atoms with Crippen molar-refractivity contribution in [1.29, 1.82) is 0 Å². The van der Waals surface area contributed by atoms with Crippen molar-refractivity contribution in [2.24, 2.45) is 52.3 Å². The zero-order chi connectivity index (χ0) is 33.5. The molecule has 0 radical (unpaired) electrons. The molecule has 2 aromatic rings. The maximum Gasteiger partial charge on any atom is 0.338 e. The Morgan fingerprint density at radius 2 is 1.32 bits per heavy atom. The van der Waals surface area contributed by atoms with Gasteiger partial charge in [0.05, 0.1) is 11.1 Å². The number of rotatable bonds is 9. The molecular formula is C41H54Cl2O4. The molecule has 6 heteroatoms. The highest BCUT2D eigenvalue weighted by Crippen LogP contribution is 2.68. The molecule has 6 rings (SSSR count). The minimum absolute atomic E-state index is 0.0271. The van der Waals surface area contributed by atoms with Gasteiger partial charge in [0.25, 0.3) is 0 Å². The van der Waals surface area contributed by atoms with Crippen LogP contribution in [0.4, 0.5) is 0 Å². The summed E-state index contributed by atoms with van der Waals surface area (Å²) in [5.74, 6) is 4.10. The third-order valence-corrected chi connectivity index (χ3v) is 14.0. The predicted molar refractivity (Wildman–Crippen MR) is 190 cm³/mol. The second kappa shape index (κ2) is 14.1. The van der Waals surface area contributed by atoms with Gasteiger partial charge in [0.15, 0.2) is 0 Å². The van der Waals surface area contributed by atoms with Gasteiger partial charge in [0.1, 0.15) is 12.2 Å². The normalized spacial score (nSPS) is 35.4. The minimum Gasteiger partial charge on any atom is -0.455 e. The third-order valence-electron chi connectivity index (χ3n) is 13.5. The highest BCUT2D eigenvalue weighted by Gasteiger charge is 2.62. The molecule has 4 fully saturated rings. The van der Waals surface area contributed by atoms with E-state index in [2.05, 4.69) is 34.6 Å². The highest BCUT2D eigenvalue weighted by molar-refractivity contribution is 6.31. The van der Waals surface area contributed by atoms with Crippen molar-refractivity contribution in [3.63, 3.8) is 0 Å². The number of esters is 2. The first-order valence-corrected chi connectivity index (χ1v) is 19.1. The summed E-state index contributed by atoms with van der Waals surface area (Å²) < 4.78 is 12.5. The summed E-state index contributed by atoms with van der Waals surface area (Å²) in [7, 11) is 0. The van der Waals surface area contributed by atoms with Gasteiger partial charge in [-0.3, -0.25) is 0 Å². The molecule has 2 aromatic carbocycles. The Labute approximate surface area is 292 Å². The van der Waals surface area contributed by atoms with E-state index in [9.17, 15) is 9.59 Å². The molecule has 0 N–H and O–H groups in total. The van der Waals surface area contributed by atoms with E-state index >= 15 is 0 Å². The third kappa shape index (κ3) is 7.03. The molecule has 47 heavy (non-hydrogen) atoms. The van der Waals surface area contributed by atoms with Crippen molar-refractivity contribution >= 4 is 35.1 Å². The Kier molecular flexibility index (Phi) is 10.4. The maximum atomic E-state index is 13.5. The molecule has 4 saturated carbocycles. The number of ether oxygens (including phenoxy) is 2. The zero-order valence-corrected chi connectivity index (χ0v) is 30.5. The predicted octanol–water partition coefficient (Wildman–Crippen LogP) is 11.5. The van der Waals surface area contributed by atoms with E-state index in [0.29, 0.717) is 44.3 Å². The fourth-order valence-electron chi connectivity index (χ4n) is 11.1. The summed E-state index contributed by atoms with van der Waals surface area (Å²) in [6.45, 7) is 12.3. The zero-order valence-electron chi connectivity index (χ0n) is 29.0. The van der Waals surface area contributed by atoms with Gasteiger partial charge in [0, 0.05) is 10.0 Å². The molecule has 0 aliphatic heterocycles. The quantitative estimate of drug-likeness (QED) is 0.247. The van der Waals surface area contributed by atoms with Crippen LogP contribution in [0.3, 0.4) is 0 Å². The van der Waals surface area contributed by atoms with Crippen LogP contribution in [0, 0.1) is 52.3 Å². The SMILES string of the molecule is CC(C)CCC[C@@H](C)[C@@H]1CC[C@@H]2[C@@H]3CC[C@H]4C[C@H](OC(=O)c5ccc(Cl)cc5)[C@H](OC(=O)c5ccc(Cl)cc5)C[C@]4(C)[C@H]3CC[C@]21C. The van der Waals surface area contributed by atoms with E-state index < -0.39 is 24.1 Å². The summed E-state index contributed by atoms with van der Waals surface area (Å²) in [6, 6.07) is 13.6. The van der Waals surface area contributed by atoms with Crippen molar-refractivity contribution in [3.8, 4) is 0 Å². The van der Waals surface area contributed by atoms with Crippen LogP contribution in [0.15, 0.2) is 48.5 Å². The van der Waals surface area contributed by atoms with Crippen LogP contribution in [-0.4, -0.2) is 24.1 Å². The highest BCUT2D eigenvalue weighted by atomic mass is 35.5. The van der Waals surface area contributed by atoms with Crippen molar-refractivity contribution < 1.29 is 19.1 Å². The molecule has 0 unspecified atom stereocenters. The van der Waals surface area contributed by atoms with E-state index in [0.717, 1.165) is 42.9 Å². The van der Waals surface area contributed by atoms with E-state index in [-0.39, 0.29) is 5.41 Å². The molecule has 0 amide bonds. The molecule has 10 atom stereocenters. The molecule has 256 valence electrons. The number of fused-ring (bicyclic) bond motifs is 5. The first kappa shape index (κ1) is 34.8. The van der Waals surface area contributed by atoms with Gasteiger partial charge < -0.3 is 9.47 Å². The average molecular weight is 682 g/mol. The summed E-state index contributed by atoms with van der Waals surface area (Å²) in [5, 5.41) is 1.14. The van der Waals surface area contributed by atoms with Gasteiger partial charge >= 0.3 is 11.9 Å². The number of hydrogen-bond donors (Lipinski definition) is 0. The fraction of sp³-hybridized carbons (Fsp3) is 0.659. The monoisotopic (exact) mass is 680 g/mol. The number of carbonyl (C=O) groups is 2. The molecule has 0 spiro atoms. The Balaban J connectivity index is 1.22. The van der Waals surface area contributed by atoms with Crippen LogP contribution < -0.4 is 0 Å². The van der Waals surface area contributed by atoms with E-state index in [1.165, 1.54) is 51.4 Å². The standard InChI is InChI=1S/C41H54Cl2O4/c1-25(2)7-6-8-26(3)33-19-20-34-32-18-13-29-23-36(46-38(44)27-9-14-30(42)15-10-27)37(47-39(45)28-11-16-31(43)17-12-28)24-41(29,5)35(32)21-22-40(33,34)4/h9-12,14-17,25-26,29,32-37H,6-8,13,18-24H2,1-5H3/t26-,29+,32+,33+,34-,35+,36+,37-,40+,41+/m1/s1. The molecule has 0 bridgehead atoms. The Morgan fingerprint density at radius 1 is 0.745 bits per heavy atom. The Morgan fingerprint density at radius 3 is 1.91 bits per heavy atom. The van der Waals surface area contributed by atoms with Crippen LogP contribution in [0.2, 0.25) is 10.0 Å². The fourth-order valence-corrected chi connectivity index (χ4v) is 11.3. The van der Waals surface area contributed by atoms with E-state index in [4.69, 9.17) is 32.7 Å². The molecule has 0 saturated heterocycles. The first-order valence-electron chi connectivity index (χ1n) is 18.3. The lowest BCUT2D eigenvalue weighted by atomic mass is 9.44. The molecular weight excluding hydrogens is 627 g/mol. The second-order valence-electron chi connectivity index (χ2n) is 16.5. The summed E-state index contributed by atoms with van der Waals surface area (Å²) in [5.41, 5.74) is 1.36. The van der Waals surface area contributed by atoms with E-state index in [1.807, 2.05) is 0 Å². The smallest absolute Gasteiger partial charge is 0.338 e. The van der Waals surface area contributed by atoms with Gasteiger partial charge in [-0.25, -0.2) is 9.59 Å². The van der Waals surface area contributed by atoms with Crippen LogP contribution >= 0.6 is 23.2 Å². The summed E-state index contributed by atoms with van der Waals surface area (Å²) >= 11 is 12.2. The van der Waals surface area contributed by atoms with Gasteiger partial charge in [0.2, 0.25) is 0 Å². The van der Waals surface area contributed by atoms with Crippen molar-refractivity contribution in [3.05, 3.63) is 69.7 Å². The van der Waals surface area contributed by atoms with Gasteiger partial charge in [-0.15, -0.1) is 0 Å². The topological polar surface area (TPSA) is 52.6 Å². The Bertz CT molecular complexity index is 1410. The van der Waals surface area contributed by atoms with Gasteiger partial charge in [-0.05, 0) is 152 Å². The number of hydrogen-bond acceptors (Lipinski definition) is 4. The number of benzene rings is 2. The number of carbonyl (C=O) groups excluding carboxylic acids is 2. The van der Waals surface area contributed by atoms with Crippen molar-refractivity contribution in [2.45, 2.75) is 117 Å².